The van der Waals surface area contributed by atoms with Gasteiger partial charge in [-0.15, -0.1) is 0 Å². The zero-order chi connectivity index (χ0) is 19.2. The topological polar surface area (TPSA) is 71.1 Å². The van der Waals surface area contributed by atoms with E-state index in [2.05, 4.69) is 15.6 Å². The minimum absolute atomic E-state index is 0.134. The Morgan fingerprint density at radius 2 is 1.70 bits per heavy atom. The van der Waals surface area contributed by atoms with Crippen LogP contribution in [-0.4, -0.2) is 22.8 Å². The van der Waals surface area contributed by atoms with Gasteiger partial charge in [-0.05, 0) is 50.5 Å². The van der Waals surface area contributed by atoms with Crippen LogP contribution in [-0.2, 0) is 0 Å². The molecule has 2 aromatic rings. The molecule has 5 heteroatoms. The van der Waals surface area contributed by atoms with E-state index >= 15 is 0 Å². The summed E-state index contributed by atoms with van der Waals surface area (Å²) < 4.78 is 0. The van der Waals surface area contributed by atoms with Crippen molar-refractivity contribution < 1.29 is 9.59 Å². The maximum atomic E-state index is 12.6. The number of nitrogens with zero attached hydrogens (tertiary/aromatic N) is 1. The highest BCUT2D eigenvalue weighted by atomic mass is 16.2. The predicted octanol–water partition coefficient (Wildman–Crippen LogP) is 4.40. The molecule has 0 bridgehead atoms. The van der Waals surface area contributed by atoms with Gasteiger partial charge in [0.05, 0.1) is 0 Å². The summed E-state index contributed by atoms with van der Waals surface area (Å²) >= 11 is 0. The van der Waals surface area contributed by atoms with Gasteiger partial charge in [0, 0.05) is 23.5 Å². The minimum Gasteiger partial charge on any atom is -0.349 e. The first-order valence-corrected chi connectivity index (χ1v) is 9.68. The smallest absolute Gasteiger partial charge is 0.274 e. The Labute approximate surface area is 160 Å². The molecule has 27 heavy (non-hydrogen) atoms. The van der Waals surface area contributed by atoms with Crippen LogP contribution in [0.3, 0.4) is 0 Å². The number of anilines is 1. The second-order valence-corrected chi connectivity index (χ2v) is 7.36. The van der Waals surface area contributed by atoms with Crippen molar-refractivity contribution in [1.82, 2.24) is 10.3 Å². The quantitative estimate of drug-likeness (QED) is 0.789. The van der Waals surface area contributed by atoms with E-state index in [-0.39, 0.29) is 23.6 Å². The maximum absolute atomic E-state index is 12.6. The lowest BCUT2D eigenvalue weighted by molar-refractivity contribution is 0.0933. The molecule has 1 saturated carbocycles. The van der Waals surface area contributed by atoms with Crippen molar-refractivity contribution in [2.75, 3.05) is 5.32 Å². The molecule has 0 aliphatic heterocycles. The number of rotatable bonds is 4. The molecule has 1 aliphatic rings. The molecular weight excluding hydrogens is 338 g/mol. The van der Waals surface area contributed by atoms with Gasteiger partial charge < -0.3 is 10.6 Å². The van der Waals surface area contributed by atoms with Gasteiger partial charge >= 0.3 is 0 Å². The van der Waals surface area contributed by atoms with Crippen molar-refractivity contribution in [3.05, 3.63) is 58.9 Å². The Balaban J connectivity index is 1.68. The molecule has 0 atom stereocenters. The molecule has 2 N–H and O–H groups in total. The Morgan fingerprint density at radius 3 is 2.41 bits per heavy atom. The first kappa shape index (κ1) is 19.1. The lowest BCUT2D eigenvalue weighted by Gasteiger charge is -2.16. The number of benzene rings is 1. The second kappa shape index (κ2) is 8.80. The summed E-state index contributed by atoms with van der Waals surface area (Å²) in [6, 6.07) is 9.28. The molecule has 5 nitrogen and oxygen atoms in total. The molecule has 0 saturated heterocycles. The fourth-order valence-electron chi connectivity index (χ4n) is 3.53. The molecule has 1 aromatic carbocycles. The molecule has 1 aromatic heterocycles. The molecule has 0 spiro atoms. The van der Waals surface area contributed by atoms with Gasteiger partial charge in [0.25, 0.3) is 11.8 Å². The third kappa shape index (κ3) is 5.16. The SMILES string of the molecule is Cc1ccc(NC(=O)c2cc(C(=O)NC3CCCCCC3)ccn2)c(C)c1. The Hall–Kier alpha value is -2.69. The van der Waals surface area contributed by atoms with E-state index in [0.717, 1.165) is 42.5 Å². The fraction of sp³-hybridized carbons (Fsp3) is 0.409. The third-order valence-electron chi connectivity index (χ3n) is 5.08. The van der Waals surface area contributed by atoms with Gasteiger partial charge in [-0.1, -0.05) is 43.4 Å². The molecule has 0 unspecified atom stereocenters. The molecular formula is C22H27N3O2. The Kier molecular flexibility index (Phi) is 6.22. The zero-order valence-electron chi connectivity index (χ0n) is 16.0. The maximum Gasteiger partial charge on any atom is 0.274 e. The average Bonchev–Trinajstić information content (AvgIpc) is 2.92. The molecule has 1 fully saturated rings. The highest BCUT2D eigenvalue weighted by Gasteiger charge is 2.17. The number of carbonyl (C=O) groups excluding carboxylic acids is 2. The molecule has 142 valence electrons. The van der Waals surface area contributed by atoms with E-state index in [1.807, 2.05) is 32.0 Å². The third-order valence-corrected chi connectivity index (χ3v) is 5.08. The monoisotopic (exact) mass is 365 g/mol. The van der Waals surface area contributed by atoms with Gasteiger partial charge in [0.2, 0.25) is 0 Å². The van der Waals surface area contributed by atoms with E-state index in [1.165, 1.54) is 19.0 Å². The second-order valence-electron chi connectivity index (χ2n) is 7.36. The van der Waals surface area contributed by atoms with Crippen LogP contribution in [0.2, 0.25) is 0 Å². The van der Waals surface area contributed by atoms with Crippen LogP contribution < -0.4 is 10.6 Å². The first-order valence-electron chi connectivity index (χ1n) is 9.68. The molecule has 1 aliphatic carbocycles. The molecule has 1 heterocycles. The van der Waals surface area contributed by atoms with Crippen LogP contribution in [0.1, 0.15) is 70.5 Å². The normalized spacial score (nSPS) is 15.0. The summed E-state index contributed by atoms with van der Waals surface area (Å²) in [5, 5.41) is 5.98. The number of hydrogen-bond acceptors (Lipinski definition) is 3. The number of carbonyl (C=O) groups is 2. The number of nitrogens with one attached hydrogen (secondary N) is 2. The van der Waals surface area contributed by atoms with Gasteiger partial charge in [-0.25, -0.2) is 0 Å². The van der Waals surface area contributed by atoms with Crippen molar-refractivity contribution in [1.29, 1.82) is 0 Å². The van der Waals surface area contributed by atoms with Gasteiger partial charge in [0.1, 0.15) is 5.69 Å². The number of amides is 2. The molecule has 0 radical (unpaired) electrons. The number of hydrogen-bond donors (Lipinski definition) is 2. The summed E-state index contributed by atoms with van der Waals surface area (Å²) in [5.74, 6) is -0.448. The van der Waals surface area contributed by atoms with Crippen LogP contribution >= 0.6 is 0 Å². The average molecular weight is 365 g/mol. The van der Waals surface area contributed by atoms with E-state index < -0.39 is 0 Å². The van der Waals surface area contributed by atoms with Gasteiger partial charge in [-0.3, -0.25) is 14.6 Å². The number of pyridine rings is 1. The van der Waals surface area contributed by atoms with Crippen molar-refractivity contribution in [3.8, 4) is 0 Å². The summed E-state index contributed by atoms with van der Waals surface area (Å²) in [4.78, 5) is 29.3. The lowest BCUT2D eigenvalue weighted by atomic mass is 10.1. The van der Waals surface area contributed by atoms with E-state index in [0.29, 0.717) is 5.56 Å². The van der Waals surface area contributed by atoms with Crippen LogP contribution in [0.4, 0.5) is 5.69 Å². The van der Waals surface area contributed by atoms with E-state index in [9.17, 15) is 9.59 Å². The summed E-state index contributed by atoms with van der Waals surface area (Å²) in [6.07, 6.45) is 8.36. The predicted molar refractivity (Wildman–Crippen MR) is 107 cm³/mol. The first-order chi connectivity index (χ1) is 13.0. The van der Waals surface area contributed by atoms with Crippen molar-refractivity contribution >= 4 is 17.5 Å². The molecule has 2 amide bonds. The van der Waals surface area contributed by atoms with Crippen molar-refractivity contribution in [2.24, 2.45) is 0 Å². The summed E-state index contributed by atoms with van der Waals surface area (Å²) in [5.41, 5.74) is 3.59. The fourth-order valence-corrected chi connectivity index (χ4v) is 3.53. The van der Waals surface area contributed by atoms with E-state index in [4.69, 9.17) is 0 Å². The Morgan fingerprint density at radius 1 is 0.963 bits per heavy atom. The van der Waals surface area contributed by atoms with E-state index in [1.54, 1.807) is 12.1 Å². The number of aryl methyl sites for hydroxylation is 2. The van der Waals surface area contributed by atoms with Crippen LogP contribution in [0, 0.1) is 13.8 Å². The van der Waals surface area contributed by atoms with Gasteiger partial charge in [-0.2, -0.15) is 0 Å². The van der Waals surface area contributed by atoms with Crippen molar-refractivity contribution in [3.63, 3.8) is 0 Å². The Bertz CT molecular complexity index is 824. The minimum atomic E-state index is -0.314. The van der Waals surface area contributed by atoms with Crippen LogP contribution in [0.25, 0.3) is 0 Å². The lowest BCUT2D eigenvalue weighted by Crippen LogP contribution is -2.34. The van der Waals surface area contributed by atoms with Gasteiger partial charge in [0.15, 0.2) is 0 Å². The standard InChI is InChI=1S/C22H27N3O2/c1-15-9-10-19(16(2)13-15)25-22(27)20-14-17(11-12-23-20)21(26)24-18-7-5-3-4-6-8-18/h9-14,18H,3-8H2,1-2H3,(H,24,26)(H,25,27). The zero-order valence-corrected chi connectivity index (χ0v) is 16.0. The largest absolute Gasteiger partial charge is 0.349 e. The highest BCUT2D eigenvalue weighted by Crippen LogP contribution is 2.19. The van der Waals surface area contributed by atoms with Crippen LogP contribution in [0.15, 0.2) is 36.5 Å². The summed E-state index contributed by atoms with van der Waals surface area (Å²) in [6.45, 7) is 3.96. The number of aromatic nitrogens is 1. The highest BCUT2D eigenvalue weighted by molar-refractivity contribution is 6.05. The van der Waals surface area contributed by atoms with Crippen LogP contribution in [0.5, 0.6) is 0 Å². The molecule has 3 rings (SSSR count). The van der Waals surface area contributed by atoms with Crippen molar-refractivity contribution in [2.45, 2.75) is 58.4 Å². The summed E-state index contributed by atoms with van der Waals surface area (Å²) in [7, 11) is 0.